The van der Waals surface area contributed by atoms with E-state index in [2.05, 4.69) is 15.9 Å². The molecular formula is C13H11BrClNO. The third kappa shape index (κ3) is 3.14. The molecule has 0 aliphatic rings. The molecule has 0 bridgehead atoms. The lowest BCUT2D eigenvalue weighted by molar-refractivity contribution is 0.308. The summed E-state index contributed by atoms with van der Waals surface area (Å²) in [5.41, 5.74) is 7.36. The van der Waals surface area contributed by atoms with Gasteiger partial charge in [-0.05, 0) is 24.3 Å². The van der Waals surface area contributed by atoms with E-state index in [1.165, 1.54) is 0 Å². The number of nitrogens with two attached hydrogens (primary N) is 1. The van der Waals surface area contributed by atoms with E-state index in [0.29, 0.717) is 23.1 Å². The van der Waals surface area contributed by atoms with Crippen molar-refractivity contribution in [1.82, 2.24) is 0 Å². The summed E-state index contributed by atoms with van der Waals surface area (Å²) in [7, 11) is 0. The summed E-state index contributed by atoms with van der Waals surface area (Å²) in [5, 5.41) is 0.695. The Labute approximate surface area is 113 Å². The summed E-state index contributed by atoms with van der Waals surface area (Å²) in [6.07, 6.45) is 0. The van der Waals surface area contributed by atoms with Crippen LogP contribution in [0.4, 0.5) is 5.69 Å². The molecule has 0 fully saturated rings. The van der Waals surface area contributed by atoms with E-state index in [-0.39, 0.29) is 0 Å². The van der Waals surface area contributed by atoms with E-state index < -0.39 is 0 Å². The number of halogens is 2. The van der Waals surface area contributed by atoms with Gasteiger partial charge in [0.2, 0.25) is 0 Å². The Morgan fingerprint density at radius 2 is 1.94 bits per heavy atom. The van der Waals surface area contributed by atoms with Crippen LogP contribution in [-0.4, -0.2) is 0 Å². The minimum absolute atomic E-state index is 0.403. The molecule has 0 spiro atoms. The topological polar surface area (TPSA) is 35.2 Å². The number of hydrogen-bond acceptors (Lipinski definition) is 2. The molecule has 0 heterocycles. The van der Waals surface area contributed by atoms with Crippen LogP contribution in [0, 0.1) is 0 Å². The maximum absolute atomic E-state index is 6.04. The number of ether oxygens (including phenoxy) is 1. The molecule has 0 atom stereocenters. The predicted octanol–water partition coefficient (Wildman–Crippen LogP) is 4.26. The average molecular weight is 313 g/mol. The van der Waals surface area contributed by atoms with Crippen molar-refractivity contribution in [2.24, 2.45) is 0 Å². The highest BCUT2D eigenvalue weighted by Gasteiger charge is 2.04. The van der Waals surface area contributed by atoms with Crippen LogP contribution in [0.3, 0.4) is 0 Å². The van der Waals surface area contributed by atoms with Crippen molar-refractivity contribution >= 4 is 33.2 Å². The highest BCUT2D eigenvalue weighted by molar-refractivity contribution is 9.10. The van der Waals surface area contributed by atoms with Crippen LogP contribution in [0.2, 0.25) is 5.02 Å². The van der Waals surface area contributed by atoms with Crippen LogP contribution in [0.1, 0.15) is 5.56 Å². The molecule has 2 aromatic rings. The van der Waals surface area contributed by atoms with Gasteiger partial charge in [0, 0.05) is 15.1 Å². The van der Waals surface area contributed by atoms with Crippen LogP contribution >= 0.6 is 27.5 Å². The van der Waals surface area contributed by atoms with Gasteiger partial charge in [-0.2, -0.15) is 0 Å². The fourth-order valence-corrected chi connectivity index (χ4v) is 1.93. The Hall–Kier alpha value is -1.19. The number of nitrogen functional groups attached to an aromatic ring is 1. The molecule has 0 unspecified atom stereocenters. The summed E-state index contributed by atoms with van der Waals surface area (Å²) in [6, 6.07) is 13.1. The molecule has 88 valence electrons. The Morgan fingerprint density at radius 1 is 1.18 bits per heavy atom. The maximum atomic E-state index is 6.04. The second-order valence-corrected chi connectivity index (χ2v) is 4.89. The molecule has 0 aliphatic carbocycles. The van der Waals surface area contributed by atoms with Gasteiger partial charge in [0.25, 0.3) is 0 Å². The smallest absolute Gasteiger partial charge is 0.143 e. The van der Waals surface area contributed by atoms with Crippen molar-refractivity contribution in [2.75, 3.05) is 5.73 Å². The van der Waals surface area contributed by atoms with E-state index in [1.807, 2.05) is 36.4 Å². The molecule has 2 N–H and O–H groups in total. The monoisotopic (exact) mass is 311 g/mol. The van der Waals surface area contributed by atoms with Crippen molar-refractivity contribution < 1.29 is 4.74 Å². The van der Waals surface area contributed by atoms with E-state index in [4.69, 9.17) is 22.1 Å². The van der Waals surface area contributed by atoms with Crippen molar-refractivity contribution in [1.29, 1.82) is 0 Å². The first-order chi connectivity index (χ1) is 8.16. The Kier molecular flexibility index (Phi) is 3.92. The van der Waals surface area contributed by atoms with Gasteiger partial charge in [-0.25, -0.2) is 0 Å². The van der Waals surface area contributed by atoms with Gasteiger partial charge in [-0.15, -0.1) is 0 Å². The highest BCUT2D eigenvalue weighted by Crippen LogP contribution is 2.27. The molecule has 2 aromatic carbocycles. The molecule has 0 radical (unpaired) electrons. The maximum Gasteiger partial charge on any atom is 0.143 e. The quantitative estimate of drug-likeness (QED) is 0.859. The normalized spacial score (nSPS) is 10.2. The zero-order chi connectivity index (χ0) is 12.3. The number of rotatable bonds is 3. The molecule has 0 aromatic heterocycles. The largest absolute Gasteiger partial charge is 0.487 e. The van der Waals surface area contributed by atoms with Crippen LogP contribution < -0.4 is 10.5 Å². The summed E-state index contributed by atoms with van der Waals surface area (Å²) in [6.45, 7) is 0.403. The van der Waals surface area contributed by atoms with Crippen molar-refractivity contribution in [3.05, 3.63) is 57.5 Å². The van der Waals surface area contributed by atoms with Crippen LogP contribution in [0.15, 0.2) is 46.9 Å². The number of benzene rings is 2. The fourth-order valence-electron chi connectivity index (χ4n) is 1.40. The lowest BCUT2D eigenvalue weighted by atomic mass is 10.2. The third-order valence-electron chi connectivity index (χ3n) is 2.32. The Bertz CT molecular complexity index is 531. The Morgan fingerprint density at radius 3 is 2.71 bits per heavy atom. The van der Waals surface area contributed by atoms with Crippen LogP contribution in [-0.2, 0) is 6.61 Å². The van der Waals surface area contributed by atoms with Gasteiger partial charge < -0.3 is 10.5 Å². The van der Waals surface area contributed by atoms with Gasteiger partial charge in [-0.1, -0.05) is 45.7 Å². The molecule has 0 aliphatic heterocycles. The molecule has 2 rings (SSSR count). The summed E-state index contributed by atoms with van der Waals surface area (Å²) in [4.78, 5) is 0. The molecular weight excluding hydrogens is 302 g/mol. The lowest BCUT2D eigenvalue weighted by Gasteiger charge is -2.10. The SMILES string of the molecule is Nc1ccc(Br)cc1OCc1ccccc1Cl. The van der Waals surface area contributed by atoms with Gasteiger partial charge >= 0.3 is 0 Å². The van der Waals surface area contributed by atoms with Crippen molar-refractivity contribution in [3.63, 3.8) is 0 Å². The summed E-state index contributed by atoms with van der Waals surface area (Å²) >= 11 is 9.42. The second kappa shape index (κ2) is 5.43. The first kappa shape index (κ1) is 12.3. The minimum atomic E-state index is 0.403. The second-order valence-electron chi connectivity index (χ2n) is 3.56. The van der Waals surface area contributed by atoms with E-state index in [9.17, 15) is 0 Å². The molecule has 17 heavy (non-hydrogen) atoms. The van der Waals surface area contributed by atoms with Gasteiger partial charge in [-0.3, -0.25) is 0 Å². The van der Waals surface area contributed by atoms with Gasteiger partial charge in [0.05, 0.1) is 5.69 Å². The first-order valence-electron chi connectivity index (χ1n) is 5.08. The average Bonchev–Trinajstić information content (AvgIpc) is 2.32. The lowest BCUT2D eigenvalue weighted by Crippen LogP contribution is -1.99. The molecule has 4 heteroatoms. The van der Waals surface area contributed by atoms with Crippen molar-refractivity contribution in [3.8, 4) is 5.75 Å². The standard InChI is InChI=1S/C13H11BrClNO/c14-10-5-6-12(16)13(7-10)17-8-9-3-1-2-4-11(9)15/h1-7H,8,16H2. The predicted molar refractivity (Wildman–Crippen MR) is 74.3 cm³/mol. The van der Waals surface area contributed by atoms with Gasteiger partial charge in [0.15, 0.2) is 0 Å². The van der Waals surface area contributed by atoms with E-state index in [1.54, 1.807) is 6.07 Å². The summed E-state index contributed by atoms with van der Waals surface area (Å²) in [5.74, 6) is 0.652. The molecule has 0 amide bonds. The zero-order valence-corrected chi connectivity index (χ0v) is 11.3. The highest BCUT2D eigenvalue weighted by atomic mass is 79.9. The zero-order valence-electron chi connectivity index (χ0n) is 8.99. The molecule has 2 nitrogen and oxygen atoms in total. The third-order valence-corrected chi connectivity index (χ3v) is 3.18. The van der Waals surface area contributed by atoms with E-state index >= 15 is 0 Å². The molecule has 0 saturated heterocycles. The first-order valence-corrected chi connectivity index (χ1v) is 6.25. The summed E-state index contributed by atoms with van der Waals surface area (Å²) < 4.78 is 6.58. The van der Waals surface area contributed by atoms with Crippen LogP contribution in [0.25, 0.3) is 0 Å². The van der Waals surface area contributed by atoms with Crippen molar-refractivity contribution in [2.45, 2.75) is 6.61 Å². The minimum Gasteiger partial charge on any atom is -0.487 e. The molecule has 0 saturated carbocycles. The number of hydrogen-bond donors (Lipinski definition) is 1. The fraction of sp³-hybridized carbons (Fsp3) is 0.0769. The van der Waals surface area contributed by atoms with Gasteiger partial charge in [0.1, 0.15) is 12.4 Å². The van der Waals surface area contributed by atoms with E-state index in [0.717, 1.165) is 10.0 Å². The number of anilines is 1. The van der Waals surface area contributed by atoms with Crippen LogP contribution in [0.5, 0.6) is 5.75 Å². The Balaban J connectivity index is 2.12.